The van der Waals surface area contributed by atoms with Gasteiger partial charge in [0, 0.05) is 36.7 Å². The molecule has 0 saturated heterocycles. The second-order valence-electron chi connectivity index (χ2n) is 6.33. The number of halogens is 2. The summed E-state index contributed by atoms with van der Waals surface area (Å²) in [5.41, 5.74) is 1.27. The Morgan fingerprint density at radius 2 is 1.93 bits per heavy atom. The molecule has 0 bridgehead atoms. The first-order chi connectivity index (χ1) is 13.1. The van der Waals surface area contributed by atoms with Gasteiger partial charge in [0.2, 0.25) is 5.88 Å². The topological polar surface area (TPSA) is 77.6 Å². The van der Waals surface area contributed by atoms with Crippen molar-refractivity contribution in [2.45, 2.75) is 31.7 Å². The third-order valence-corrected chi connectivity index (χ3v) is 4.33. The monoisotopic (exact) mass is 374 g/mol. The van der Waals surface area contributed by atoms with Crippen molar-refractivity contribution in [1.82, 2.24) is 10.1 Å². The molecule has 140 valence electrons. The third kappa shape index (κ3) is 4.06. The summed E-state index contributed by atoms with van der Waals surface area (Å²) in [7, 11) is 0. The maximum Gasteiger partial charge on any atom is 0.252 e. The van der Waals surface area contributed by atoms with Gasteiger partial charge in [0.05, 0.1) is 12.7 Å². The van der Waals surface area contributed by atoms with Gasteiger partial charge < -0.3 is 19.1 Å². The zero-order valence-corrected chi connectivity index (χ0v) is 14.1. The van der Waals surface area contributed by atoms with Crippen LogP contribution in [0.5, 0.6) is 11.8 Å². The highest BCUT2D eigenvalue weighted by Crippen LogP contribution is 2.29. The molecule has 1 aliphatic rings. The molecule has 0 aliphatic heterocycles. The molecule has 4 rings (SSSR count). The summed E-state index contributed by atoms with van der Waals surface area (Å²) in [5.74, 6) is -1.03. The maximum absolute atomic E-state index is 13.2. The Hall–Kier alpha value is -3.00. The highest BCUT2D eigenvalue weighted by molar-refractivity contribution is 5.57. The van der Waals surface area contributed by atoms with Crippen LogP contribution in [0.25, 0.3) is 11.3 Å². The Balaban J connectivity index is 1.23. The van der Waals surface area contributed by atoms with Crippen LogP contribution in [0.3, 0.4) is 0 Å². The number of pyridine rings is 1. The average Bonchev–Trinajstić information content (AvgIpc) is 3.06. The fraction of sp³-hybridized carbons (Fsp3) is 0.263. The van der Waals surface area contributed by atoms with E-state index in [1.807, 2.05) is 0 Å². The van der Waals surface area contributed by atoms with Gasteiger partial charge in [-0.2, -0.15) is 0 Å². The normalized spacial score (nSPS) is 18.9. The van der Waals surface area contributed by atoms with Crippen LogP contribution in [0, 0.1) is 11.6 Å². The fourth-order valence-electron chi connectivity index (χ4n) is 2.76. The predicted octanol–water partition coefficient (Wildman–Crippen LogP) is 3.85. The van der Waals surface area contributed by atoms with Gasteiger partial charge in [-0.25, -0.2) is 13.8 Å². The second-order valence-corrected chi connectivity index (χ2v) is 6.33. The minimum atomic E-state index is -0.874. The molecule has 1 N–H and O–H groups in total. The van der Waals surface area contributed by atoms with Crippen molar-refractivity contribution in [3.8, 4) is 23.1 Å². The van der Waals surface area contributed by atoms with Gasteiger partial charge in [0.15, 0.2) is 17.4 Å². The molecule has 2 aromatic heterocycles. The van der Waals surface area contributed by atoms with Crippen molar-refractivity contribution >= 4 is 0 Å². The number of benzene rings is 1. The van der Waals surface area contributed by atoms with Crippen molar-refractivity contribution in [2.24, 2.45) is 0 Å². The molecular weight excluding hydrogens is 358 g/mol. The minimum Gasteiger partial charge on any atom is -0.491 e. The first-order valence-corrected chi connectivity index (χ1v) is 8.41. The van der Waals surface area contributed by atoms with E-state index in [2.05, 4.69) is 10.1 Å². The molecule has 0 unspecified atom stereocenters. The van der Waals surface area contributed by atoms with E-state index in [-0.39, 0.29) is 24.7 Å². The van der Waals surface area contributed by atoms with Crippen molar-refractivity contribution in [3.05, 3.63) is 59.8 Å². The van der Waals surface area contributed by atoms with Crippen LogP contribution in [-0.2, 0) is 11.3 Å². The summed E-state index contributed by atoms with van der Waals surface area (Å²) in [5, 5.41) is 12.6. The van der Waals surface area contributed by atoms with Crippen molar-refractivity contribution in [3.63, 3.8) is 0 Å². The number of nitrogens with zero attached hydrogens (tertiary/aromatic N) is 2. The van der Waals surface area contributed by atoms with Crippen LogP contribution in [0.1, 0.15) is 18.4 Å². The van der Waals surface area contributed by atoms with Crippen LogP contribution in [-0.4, -0.2) is 27.5 Å². The Labute approximate surface area is 153 Å². The smallest absolute Gasteiger partial charge is 0.252 e. The summed E-state index contributed by atoms with van der Waals surface area (Å²) in [6, 6.07) is 8.61. The van der Waals surface area contributed by atoms with E-state index >= 15 is 0 Å². The number of rotatable bonds is 6. The van der Waals surface area contributed by atoms with Gasteiger partial charge in [-0.1, -0.05) is 6.07 Å². The second kappa shape index (κ2) is 7.32. The van der Waals surface area contributed by atoms with Crippen molar-refractivity contribution in [1.29, 1.82) is 0 Å². The molecule has 0 atom stereocenters. The number of hydrogen-bond acceptors (Lipinski definition) is 6. The lowest BCUT2D eigenvalue weighted by Crippen LogP contribution is -2.39. The van der Waals surface area contributed by atoms with Crippen LogP contribution in [0.4, 0.5) is 8.78 Å². The number of ether oxygens (including phenoxy) is 2. The van der Waals surface area contributed by atoms with Crippen molar-refractivity contribution < 1.29 is 27.9 Å². The van der Waals surface area contributed by atoms with Crippen molar-refractivity contribution in [2.75, 3.05) is 0 Å². The minimum absolute atomic E-state index is 0.00683. The molecule has 1 fully saturated rings. The van der Waals surface area contributed by atoms with Crippen LogP contribution >= 0.6 is 0 Å². The number of hydrogen-bond donors (Lipinski definition) is 1. The van der Waals surface area contributed by atoms with Gasteiger partial charge in [0.25, 0.3) is 5.88 Å². The van der Waals surface area contributed by atoms with Crippen LogP contribution in [0.15, 0.2) is 47.1 Å². The van der Waals surface area contributed by atoms with Gasteiger partial charge in [-0.05, 0) is 28.9 Å². The lowest BCUT2D eigenvalue weighted by atomic mass is 9.92. The quantitative estimate of drug-likeness (QED) is 0.706. The van der Waals surface area contributed by atoms with E-state index in [9.17, 15) is 13.9 Å². The van der Waals surface area contributed by atoms with E-state index < -0.39 is 11.6 Å². The highest BCUT2D eigenvalue weighted by Gasteiger charge is 2.32. The summed E-state index contributed by atoms with van der Waals surface area (Å²) >= 11 is 0. The maximum atomic E-state index is 13.2. The van der Waals surface area contributed by atoms with E-state index in [1.54, 1.807) is 18.3 Å². The standard InChI is InChI=1S/C19H16F2N2O4/c20-15-3-1-11(5-16(15)21)10-25-13-6-14(7-13)26-19-4-2-12(9-22-19)17-8-18(24)23-27-17/h1-5,8-9,13-14H,6-7,10H2,(H,23,24)/t13-,14+. The highest BCUT2D eigenvalue weighted by atomic mass is 19.2. The zero-order chi connectivity index (χ0) is 18.8. The first kappa shape index (κ1) is 17.4. The lowest BCUT2D eigenvalue weighted by molar-refractivity contribution is -0.0695. The largest absolute Gasteiger partial charge is 0.491 e. The first-order valence-electron chi connectivity index (χ1n) is 8.41. The summed E-state index contributed by atoms with van der Waals surface area (Å²) in [6.07, 6.45) is 2.98. The molecule has 0 amide bonds. The Kier molecular flexibility index (Phi) is 4.72. The van der Waals surface area contributed by atoms with Gasteiger partial charge in [-0.3, -0.25) is 0 Å². The van der Waals surface area contributed by atoms with E-state index in [0.29, 0.717) is 35.6 Å². The molecule has 1 aliphatic carbocycles. The van der Waals surface area contributed by atoms with E-state index in [4.69, 9.17) is 14.0 Å². The van der Waals surface area contributed by atoms with E-state index in [1.165, 1.54) is 12.1 Å². The summed E-state index contributed by atoms with van der Waals surface area (Å²) in [6.45, 7) is 0.228. The Morgan fingerprint density at radius 1 is 1.07 bits per heavy atom. The molecule has 8 heteroatoms. The lowest BCUT2D eigenvalue weighted by Gasteiger charge is -2.34. The molecule has 27 heavy (non-hydrogen) atoms. The molecule has 6 nitrogen and oxygen atoms in total. The van der Waals surface area contributed by atoms with E-state index in [0.717, 1.165) is 12.1 Å². The Bertz CT molecular complexity index is 924. The molecule has 1 saturated carbocycles. The zero-order valence-electron chi connectivity index (χ0n) is 14.1. The molecular formula is C19H16F2N2O4. The molecule has 2 heterocycles. The van der Waals surface area contributed by atoms with Crippen LogP contribution < -0.4 is 4.74 Å². The predicted molar refractivity (Wildman–Crippen MR) is 90.0 cm³/mol. The average molecular weight is 374 g/mol. The van der Waals surface area contributed by atoms with Gasteiger partial charge in [0.1, 0.15) is 6.10 Å². The molecule has 1 aromatic carbocycles. The summed E-state index contributed by atoms with van der Waals surface area (Å²) < 4.78 is 42.5. The molecule has 0 radical (unpaired) electrons. The van der Waals surface area contributed by atoms with Gasteiger partial charge >= 0.3 is 0 Å². The Morgan fingerprint density at radius 3 is 2.59 bits per heavy atom. The number of aromatic nitrogens is 2. The van der Waals surface area contributed by atoms with Gasteiger partial charge in [-0.15, -0.1) is 0 Å². The summed E-state index contributed by atoms with van der Waals surface area (Å²) in [4.78, 5) is 4.21. The fourth-order valence-corrected chi connectivity index (χ4v) is 2.76. The molecule has 0 spiro atoms. The third-order valence-electron chi connectivity index (χ3n) is 4.33. The van der Waals surface area contributed by atoms with Crippen LogP contribution in [0.2, 0.25) is 0 Å². The number of aromatic hydroxyl groups is 1. The SMILES string of the molecule is Oc1cc(-c2ccc(O[C@H]3C[C@@H](OCc4ccc(F)c(F)c4)C3)nc2)on1. The molecule has 3 aromatic rings.